The van der Waals surface area contributed by atoms with E-state index in [9.17, 15) is 4.79 Å². The van der Waals surface area contributed by atoms with Crippen LogP contribution in [0.3, 0.4) is 0 Å². The van der Waals surface area contributed by atoms with Gasteiger partial charge in [-0.1, -0.05) is 13.0 Å². The van der Waals surface area contributed by atoms with Gasteiger partial charge in [-0.05, 0) is 0 Å². The van der Waals surface area contributed by atoms with E-state index < -0.39 is 0 Å². The lowest BCUT2D eigenvalue weighted by Gasteiger charge is -2.26. The zero-order valence-corrected chi connectivity index (χ0v) is 9.37. The minimum absolute atomic E-state index is 0.0539. The van der Waals surface area contributed by atoms with Crippen LogP contribution in [0.5, 0.6) is 0 Å². The summed E-state index contributed by atoms with van der Waals surface area (Å²) >= 11 is 0. The van der Waals surface area contributed by atoms with Gasteiger partial charge >= 0.3 is 0 Å². The van der Waals surface area contributed by atoms with Gasteiger partial charge in [-0.15, -0.1) is 6.58 Å². The summed E-state index contributed by atoms with van der Waals surface area (Å²) in [6.07, 6.45) is 1.66. The molecular formula is C11H20N2O2. The van der Waals surface area contributed by atoms with Crippen LogP contribution in [0, 0.1) is 5.92 Å². The average molecular weight is 212 g/mol. The van der Waals surface area contributed by atoms with Gasteiger partial charge in [0.2, 0.25) is 5.91 Å². The fourth-order valence-electron chi connectivity index (χ4n) is 1.43. The number of carbonyl (C=O) groups excluding carboxylic acids is 1. The van der Waals surface area contributed by atoms with Crippen LogP contribution in [0.2, 0.25) is 0 Å². The standard InChI is InChI=1S/C11H20N2O2/c1-3-10(2)11(14)12-4-5-13-6-8-15-9-7-13/h3,10H,1,4-9H2,2H3,(H,12,14). The van der Waals surface area contributed by atoms with Crippen molar-refractivity contribution in [2.24, 2.45) is 5.92 Å². The zero-order valence-electron chi connectivity index (χ0n) is 9.37. The van der Waals surface area contributed by atoms with Crippen molar-refractivity contribution in [2.45, 2.75) is 6.92 Å². The van der Waals surface area contributed by atoms with Gasteiger partial charge in [0.15, 0.2) is 0 Å². The monoisotopic (exact) mass is 212 g/mol. The highest BCUT2D eigenvalue weighted by atomic mass is 16.5. The molecular weight excluding hydrogens is 192 g/mol. The van der Waals surface area contributed by atoms with E-state index in [1.165, 1.54) is 0 Å². The molecule has 1 atom stereocenters. The van der Waals surface area contributed by atoms with Crippen LogP contribution in [0.4, 0.5) is 0 Å². The third-order valence-electron chi connectivity index (χ3n) is 2.60. The van der Waals surface area contributed by atoms with Gasteiger partial charge < -0.3 is 10.1 Å². The molecule has 15 heavy (non-hydrogen) atoms. The highest BCUT2D eigenvalue weighted by Crippen LogP contribution is 1.96. The molecule has 86 valence electrons. The lowest BCUT2D eigenvalue weighted by molar-refractivity contribution is -0.123. The van der Waals surface area contributed by atoms with Gasteiger partial charge in [0.25, 0.3) is 0 Å². The summed E-state index contributed by atoms with van der Waals surface area (Å²) in [5.41, 5.74) is 0. The maximum Gasteiger partial charge on any atom is 0.226 e. The molecule has 1 aliphatic heterocycles. The second kappa shape index (κ2) is 6.58. The van der Waals surface area contributed by atoms with Crippen molar-refractivity contribution in [1.29, 1.82) is 0 Å². The average Bonchev–Trinajstić information content (AvgIpc) is 2.29. The van der Waals surface area contributed by atoms with Gasteiger partial charge in [0.1, 0.15) is 0 Å². The molecule has 1 rings (SSSR count). The van der Waals surface area contributed by atoms with Gasteiger partial charge in [-0.2, -0.15) is 0 Å². The minimum Gasteiger partial charge on any atom is -0.379 e. The summed E-state index contributed by atoms with van der Waals surface area (Å²) in [6.45, 7) is 10.6. The second-order valence-electron chi connectivity index (χ2n) is 3.77. The van der Waals surface area contributed by atoms with Gasteiger partial charge in [-0.3, -0.25) is 9.69 Å². The highest BCUT2D eigenvalue weighted by molar-refractivity contribution is 5.79. The summed E-state index contributed by atoms with van der Waals surface area (Å²) in [5, 5.41) is 2.89. The Bertz CT molecular complexity index is 213. The Balaban J connectivity index is 2.09. The summed E-state index contributed by atoms with van der Waals surface area (Å²) in [5.74, 6) is -0.0482. The lowest BCUT2D eigenvalue weighted by Crippen LogP contribution is -2.42. The number of nitrogens with one attached hydrogen (secondary N) is 1. The summed E-state index contributed by atoms with van der Waals surface area (Å²) in [7, 11) is 0. The predicted octanol–water partition coefficient (Wildman–Crippen LogP) is 0.257. The van der Waals surface area contributed by atoms with Crippen molar-refractivity contribution in [1.82, 2.24) is 10.2 Å². The lowest BCUT2D eigenvalue weighted by atomic mass is 10.2. The molecule has 0 aromatic carbocycles. The van der Waals surface area contributed by atoms with Crippen LogP contribution in [-0.4, -0.2) is 50.2 Å². The fraction of sp³-hybridized carbons (Fsp3) is 0.727. The van der Waals surface area contributed by atoms with Crippen molar-refractivity contribution >= 4 is 5.91 Å². The van der Waals surface area contributed by atoms with Crippen LogP contribution in [-0.2, 0) is 9.53 Å². The van der Waals surface area contributed by atoms with Crippen LogP contribution < -0.4 is 5.32 Å². The SMILES string of the molecule is C=CC(C)C(=O)NCCN1CCOCC1. The molecule has 1 amide bonds. The summed E-state index contributed by atoms with van der Waals surface area (Å²) < 4.78 is 5.24. The smallest absolute Gasteiger partial charge is 0.226 e. The molecule has 1 unspecified atom stereocenters. The van der Waals surface area contributed by atoms with E-state index in [0.717, 1.165) is 32.8 Å². The van der Waals surface area contributed by atoms with Crippen LogP contribution in [0.15, 0.2) is 12.7 Å². The molecule has 0 aromatic heterocycles. The zero-order chi connectivity index (χ0) is 11.1. The molecule has 1 aliphatic rings. The fourth-order valence-corrected chi connectivity index (χ4v) is 1.43. The number of hydrogen-bond donors (Lipinski definition) is 1. The Morgan fingerprint density at radius 3 is 2.87 bits per heavy atom. The third kappa shape index (κ3) is 4.44. The van der Waals surface area contributed by atoms with Crippen LogP contribution in [0.1, 0.15) is 6.92 Å². The normalized spacial score (nSPS) is 19.5. The first-order valence-corrected chi connectivity index (χ1v) is 5.44. The van der Waals surface area contributed by atoms with Crippen molar-refractivity contribution in [3.8, 4) is 0 Å². The van der Waals surface area contributed by atoms with E-state index in [4.69, 9.17) is 4.74 Å². The largest absolute Gasteiger partial charge is 0.379 e. The molecule has 4 nitrogen and oxygen atoms in total. The van der Waals surface area contributed by atoms with Crippen molar-refractivity contribution in [3.63, 3.8) is 0 Å². The molecule has 0 bridgehead atoms. The number of ether oxygens (including phenoxy) is 1. The Hall–Kier alpha value is -0.870. The van der Waals surface area contributed by atoms with E-state index >= 15 is 0 Å². The van der Waals surface area contributed by atoms with E-state index in [1.54, 1.807) is 6.08 Å². The molecule has 1 N–H and O–H groups in total. The summed E-state index contributed by atoms with van der Waals surface area (Å²) in [4.78, 5) is 13.7. The molecule has 0 radical (unpaired) electrons. The Labute approximate surface area is 91.3 Å². The minimum atomic E-state index is -0.102. The van der Waals surface area contributed by atoms with Crippen molar-refractivity contribution in [3.05, 3.63) is 12.7 Å². The molecule has 1 fully saturated rings. The molecule has 1 saturated heterocycles. The Morgan fingerprint density at radius 1 is 1.60 bits per heavy atom. The van der Waals surface area contributed by atoms with Crippen molar-refractivity contribution in [2.75, 3.05) is 39.4 Å². The summed E-state index contributed by atoms with van der Waals surface area (Å²) in [6, 6.07) is 0. The molecule has 0 spiro atoms. The molecule has 1 heterocycles. The number of rotatable bonds is 5. The van der Waals surface area contributed by atoms with E-state index in [2.05, 4.69) is 16.8 Å². The van der Waals surface area contributed by atoms with Crippen molar-refractivity contribution < 1.29 is 9.53 Å². The van der Waals surface area contributed by atoms with Crippen LogP contribution in [0.25, 0.3) is 0 Å². The van der Waals surface area contributed by atoms with Gasteiger partial charge in [0.05, 0.1) is 19.1 Å². The van der Waals surface area contributed by atoms with E-state index in [0.29, 0.717) is 6.54 Å². The first-order valence-electron chi connectivity index (χ1n) is 5.44. The maximum absolute atomic E-state index is 11.4. The van der Waals surface area contributed by atoms with Gasteiger partial charge in [-0.25, -0.2) is 0 Å². The Kier molecular flexibility index (Phi) is 5.36. The number of amides is 1. The number of carbonyl (C=O) groups is 1. The van der Waals surface area contributed by atoms with Crippen LogP contribution >= 0.6 is 0 Å². The molecule has 4 heteroatoms. The van der Waals surface area contributed by atoms with E-state index in [-0.39, 0.29) is 11.8 Å². The maximum atomic E-state index is 11.4. The number of nitrogens with zero attached hydrogens (tertiary/aromatic N) is 1. The molecule has 0 aromatic rings. The van der Waals surface area contributed by atoms with Gasteiger partial charge in [0, 0.05) is 26.2 Å². The predicted molar refractivity (Wildman–Crippen MR) is 59.6 cm³/mol. The number of morpholine rings is 1. The molecule has 0 saturated carbocycles. The first-order chi connectivity index (χ1) is 7.24. The first kappa shape index (κ1) is 12.2. The second-order valence-corrected chi connectivity index (χ2v) is 3.77. The highest BCUT2D eigenvalue weighted by Gasteiger charge is 2.11. The molecule has 0 aliphatic carbocycles. The topological polar surface area (TPSA) is 41.6 Å². The number of hydrogen-bond acceptors (Lipinski definition) is 3. The third-order valence-corrected chi connectivity index (χ3v) is 2.60. The Morgan fingerprint density at radius 2 is 2.27 bits per heavy atom. The quantitative estimate of drug-likeness (QED) is 0.665. The van der Waals surface area contributed by atoms with E-state index in [1.807, 2.05) is 6.92 Å².